The van der Waals surface area contributed by atoms with Crippen molar-refractivity contribution in [1.82, 2.24) is 0 Å². The molecular weight excluding hydrogens is 240 g/mol. The molecule has 0 radical (unpaired) electrons. The number of carboxylic acids is 1. The van der Waals surface area contributed by atoms with Crippen molar-refractivity contribution in [2.75, 3.05) is 18.0 Å². The number of hydrogen-bond donors (Lipinski definition) is 1. The van der Waals surface area contributed by atoms with Crippen molar-refractivity contribution in [3.8, 4) is 0 Å². The first-order valence-corrected chi connectivity index (χ1v) is 6.00. The van der Waals surface area contributed by atoms with Gasteiger partial charge in [-0.1, -0.05) is 0 Å². The largest absolute Gasteiger partial charge is 0.478 e. The summed E-state index contributed by atoms with van der Waals surface area (Å²) >= 11 is 0. The van der Waals surface area contributed by atoms with Crippen LogP contribution in [0.5, 0.6) is 0 Å². The monoisotopic (exact) mass is 255 g/mol. The zero-order chi connectivity index (χ0) is 13.3. The Kier molecular flexibility index (Phi) is 3.50. The van der Waals surface area contributed by atoms with Gasteiger partial charge in [-0.3, -0.25) is 0 Å². The maximum absolute atomic E-state index is 13.8. The van der Waals surface area contributed by atoms with E-state index in [4.69, 9.17) is 5.11 Å². The number of carbonyl (C=O) groups is 1. The molecule has 1 aromatic rings. The van der Waals surface area contributed by atoms with Gasteiger partial charge in [0.15, 0.2) is 0 Å². The van der Waals surface area contributed by atoms with Gasteiger partial charge in [-0.05, 0) is 37.8 Å². The Morgan fingerprint density at radius 3 is 2.33 bits per heavy atom. The predicted octanol–water partition coefficient (Wildman–Crippen LogP) is 2.90. The molecule has 1 saturated carbocycles. The Hall–Kier alpha value is -1.65. The van der Waals surface area contributed by atoms with Gasteiger partial charge in [0.2, 0.25) is 0 Å². The first-order valence-electron chi connectivity index (χ1n) is 6.00. The minimum Gasteiger partial charge on any atom is -0.478 e. The van der Waals surface area contributed by atoms with Crippen molar-refractivity contribution in [2.45, 2.75) is 19.8 Å². The van der Waals surface area contributed by atoms with Crippen molar-refractivity contribution < 1.29 is 18.7 Å². The molecule has 1 fully saturated rings. The summed E-state index contributed by atoms with van der Waals surface area (Å²) in [6, 6.07) is 1.74. The van der Waals surface area contributed by atoms with Crippen molar-refractivity contribution in [1.29, 1.82) is 0 Å². The van der Waals surface area contributed by atoms with Gasteiger partial charge < -0.3 is 10.0 Å². The molecule has 98 valence electrons. The molecule has 1 aromatic carbocycles. The van der Waals surface area contributed by atoms with Crippen molar-refractivity contribution in [3.63, 3.8) is 0 Å². The summed E-state index contributed by atoms with van der Waals surface area (Å²) in [5.41, 5.74) is -0.481. The molecule has 0 unspecified atom stereocenters. The fraction of sp³-hybridized carbons (Fsp3) is 0.462. The van der Waals surface area contributed by atoms with Gasteiger partial charge in [0.25, 0.3) is 0 Å². The second-order valence-electron chi connectivity index (χ2n) is 4.58. The number of benzene rings is 1. The van der Waals surface area contributed by atoms with Crippen LogP contribution < -0.4 is 4.90 Å². The lowest BCUT2D eigenvalue weighted by molar-refractivity contribution is 0.0696. The second-order valence-corrected chi connectivity index (χ2v) is 4.58. The SMILES string of the molecule is CCN(CC1CC1)c1c(F)cc(C(=O)O)cc1F. The summed E-state index contributed by atoms with van der Waals surface area (Å²) in [6.07, 6.45) is 2.18. The number of aromatic carboxylic acids is 1. The maximum Gasteiger partial charge on any atom is 0.335 e. The van der Waals surface area contributed by atoms with E-state index in [0.717, 1.165) is 25.0 Å². The molecule has 2 rings (SSSR count). The quantitative estimate of drug-likeness (QED) is 0.879. The molecule has 1 N–H and O–H groups in total. The topological polar surface area (TPSA) is 40.5 Å². The highest BCUT2D eigenvalue weighted by molar-refractivity contribution is 5.88. The summed E-state index contributed by atoms with van der Waals surface area (Å²) < 4.78 is 27.7. The highest BCUT2D eigenvalue weighted by Gasteiger charge is 2.27. The molecule has 0 aliphatic heterocycles. The minimum atomic E-state index is -1.33. The van der Waals surface area contributed by atoms with Crippen LogP contribution in [-0.4, -0.2) is 24.2 Å². The predicted molar refractivity (Wildman–Crippen MR) is 63.9 cm³/mol. The van der Waals surface area contributed by atoms with Gasteiger partial charge in [0, 0.05) is 13.1 Å². The Bertz CT molecular complexity index is 449. The molecule has 0 saturated heterocycles. The van der Waals surface area contributed by atoms with Gasteiger partial charge in [0.1, 0.15) is 17.3 Å². The first-order chi connectivity index (χ1) is 8.52. The summed E-state index contributed by atoms with van der Waals surface area (Å²) in [5, 5.41) is 8.73. The van der Waals surface area contributed by atoms with Crippen LogP contribution in [0.2, 0.25) is 0 Å². The lowest BCUT2D eigenvalue weighted by Crippen LogP contribution is -2.27. The average Bonchev–Trinajstić information content (AvgIpc) is 3.10. The van der Waals surface area contributed by atoms with Gasteiger partial charge in [-0.15, -0.1) is 0 Å². The molecule has 0 bridgehead atoms. The normalized spacial score (nSPS) is 14.6. The van der Waals surface area contributed by atoms with E-state index in [-0.39, 0.29) is 11.3 Å². The van der Waals surface area contributed by atoms with Crippen LogP contribution in [0.3, 0.4) is 0 Å². The first kappa shape index (κ1) is 12.8. The fourth-order valence-electron chi connectivity index (χ4n) is 1.98. The van der Waals surface area contributed by atoms with Crippen LogP contribution in [-0.2, 0) is 0 Å². The molecule has 3 nitrogen and oxygen atoms in total. The Morgan fingerprint density at radius 1 is 1.39 bits per heavy atom. The van der Waals surface area contributed by atoms with Crippen LogP contribution in [0.25, 0.3) is 0 Å². The summed E-state index contributed by atoms with van der Waals surface area (Å²) in [4.78, 5) is 12.3. The Balaban J connectivity index is 2.33. The van der Waals surface area contributed by atoms with Gasteiger partial charge >= 0.3 is 5.97 Å². The highest BCUT2D eigenvalue weighted by Crippen LogP contribution is 2.33. The van der Waals surface area contributed by atoms with E-state index in [9.17, 15) is 13.6 Å². The standard InChI is InChI=1S/C13H15F2NO2/c1-2-16(7-8-3-4-8)12-10(14)5-9(13(17)18)6-11(12)15/h5-6,8H,2-4,7H2,1H3,(H,17,18). The molecule has 5 heteroatoms. The molecule has 0 spiro atoms. The van der Waals surface area contributed by atoms with Crippen LogP contribution in [0.1, 0.15) is 30.1 Å². The van der Waals surface area contributed by atoms with Crippen molar-refractivity contribution >= 4 is 11.7 Å². The summed E-state index contributed by atoms with van der Waals surface area (Å²) in [6.45, 7) is 2.94. The van der Waals surface area contributed by atoms with Gasteiger partial charge in [-0.25, -0.2) is 13.6 Å². The van der Waals surface area contributed by atoms with Crippen molar-refractivity contribution in [3.05, 3.63) is 29.3 Å². The zero-order valence-electron chi connectivity index (χ0n) is 10.1. The number of nitrogens with zero attached hydrogens (tertiary/aromatic N) is 1. The average molecular weight is 255 g/mol. The molecule has 0 heterocycles. The van der Waals surface area contributed by atoms with Crippen LogP contribution in [0, 0.1) is 17.6 Å². The highest BCUT2D eigenvalue weighted by atomic mass is 19.1. The Morgan fingerprint density at radius 2 is 1.94 bits per heavy atom. The van der Waals surface area contributed by atoms with Crippen molar-refractivity contribution in [2.24, 2.45) is 5.92 Å². The second kappa shape index (κ2) is 4.92. The third kappa shape index (κ3) is 2.60. The number of hydrogen-bond acceptors (Lipinski definition) is 2. The van der Waals surface area contributed by atoms with Gasteiger partial charge in [-0.2, -0.15) is 0 Å². The third-order valence-corrected chi connectivity index (χ3v) is 3.14. The fourth-order valence-corrected chi connectivity index (χ4v) is 1.98. The van der Waals surface area contributed by atoms with E-state index >= 15 is 0 Å². The van der Waals surface area contributed by atoms with Gasteiger partial charge in [0.05, 0.1) is 5.56 Å². The van der Waals surface area contributed by atoms with Crippen LogP contribution in [0.4, 0.5) is 14.5 Å². The smallest absolute Gasteiger partial charge is 0.335 e. The molecule has 1 aliphatic carbocycles. The van der Waals surface area contributed by atoms with E-state index in [1.165, 1.54) is 0 Å². The molecule has 1 aliphatic rings. The zero-order valence-corrected chi connectivity index (χ0v) is 10.1. The lowest BCUT2D eigenvalue weighted by Gasteiger charge is -2.24. The van der Waals surface area contributed by atoms with E-state index in [1.807, 2.05) is 6.92 Å². The molecule has 0 aromatic heterocycles. The number of rotatable bonds is 5. The lowest BCUT2D eigenvalue weighted by atomic mass is 10.1. The summed E-state index contributed by atoms with van der Waals surface area (Å²) in [7, 11) is 0. The molecule has 0 amide bonds. The Labute approximate surface area is 104 Å². The third-order valence-electron chi connectivity index (χ3n) is 3.14. The van der Waals surface area contributed by atoms with E-state index in [0.29, 0.717) is 19.0 Å². The van der Waals surface area contributed by atoms with Crippen LogP contribution >= 0.6 is 0 Å². The van der Waals surface area contributed by atoms with E-state index in [1.54, 1.807) is 4.90 Å². The minimum absolute atomic E-state index is 0.116. The molecular formula is C13H15F2NO2. The molecule has 0 atom stereocenters. The number of carboxylic acid groups (broad SMARTS) is 1. The number of halogens is 2. The summed E-state index contributed by atoms with van der Waals surface area (Å²) in [5.74, 6) is -2.45. The number of anilines is 1. The van der Waals surface area contributed by atoms with E-state index < -0.39 is 17.6 Å². The van der Waals surface area contributed by atoms with E-state index in [2.05, 4.69) is 0 Å². The maximum atomic E-state index is 13.8. The molecule has 18 heavy (non-hydrogen) atoms. The van der Waals surface area contributed by atoms with Crippen LogP contribution in [0.15, 0.2) is 12.1 Å².